The number of rotatable bonds is 4. The quantitative estimate of drug-likeness (QED) is 0.910. The predicted octanol–water partition coefficient (Wildman–Crippen LogP) is 1.61. The van der Waals surface area contributed by atoms with E-state index in [1.54, 1.807) is 0 Å². The second-order valence-corrected chi connectivity index (χ2v) is 7.86. The molecule has 1 aromatic heterocycles. The fourth-order valence-electron chi connectivity index (χ4n) is 3.81. The Morgan fingerprint density at radius 2 is 2.26 bits per heavy atom. The van der Waals surface area contributed by atoms with Gasteiger partial charge in [-0.3, -0.25) is 9.59 Å². The van der Waals surface area contributed by atoms with Gasteiger partial charge in [-0.2, -0.15) is 11.3 Å². The SMILES string of the molecule is C[C@H]1C[C@H]1C(=O)N1C[C@@H]2[C@@H](CNC(=O)c3ccsc3)CO[C@@H]2C1. The Bertz CT molecular complexity index is 603. The van der Waals surface area contributed by atoms with Gasteiger partial charge in [0.05, 0.1) is 12.7 Å². The van der Waals surface area contributed by atoms with Crippen LogP contribution in [0.1, 0.15) is 23.7 Å². The summed E-state index contributed by atoms with van der Waals surface area (Å²) in [5.41, 5.74) is 0.719. The Labute approximate surface area is 140 Å². The molecule has 1 aromatic rings. The van der Waals surface area contributed by atoms with E-state index in [1.807, 2.05) is 21.7 Å². The highest BCUT2D eigenvalue weighted by atomic mass is 32.1. The van der Waals surface area contributed by atoms with Crippen LogP contribution in [0.15, 0.2) is 16.8 Å². The molecule has 0 bridgehead atoms. The molecule has 0 radical (unpaired) electrons. The summed E-state index contributed by atoms with van der Waals surface area (Å²) in [6.45, 7) is 4.95. The van der Waals surface area contributed by atoms with E-state index in [0.29, 0.717) is 36.8 Å². The molecule has 1 saturated carbocycles. The number of thiophene rings is 1. The van der Waals surface area contributed by atoms with Crippen molar-refractivity contribution in [2.45, 2.75) is 19.4 Å². The molecular weight excluding hydrogens is 312 g/mol. The van der Waals surface area contributed by atoms with Crippen LogP contribution in [0.2, 0.25) is 0 Å². The lowest BCUT2D eigenvalue weighted by Gasteiger charge is -2.20. The van der Waals surface area contributed by atoms with Crippen molar-refractivity contribution >= 4 is 23.2 Å². The highest BCUT2D eigenvalue weighted by Gasteiger charge is 2.49. The zero-order valence-electron chi connectivity index (χ0n) is 13.2. The lowest BCUT2D eigenvalue weighted by molar-refractivity contribution is -0.132. The standard InChI is InChI=1S/C17H22N2O3S/c1-10-4-13(10)17(21)19-6-14-12(8-22-15(14)7-19)5-18-16(20)11-2-3-23-9-11/h2-3,9-10,12-15H,4-8H2,1H3,(H,18,20)/t10-,12-,13+,14+,15+/m0/s1. The molecule has 0 aromatic carbocycles. The van der Waals surface area contributed by atoms with E-state index >= 15 is 0 Å². The van der Waals surface area contributed by atoms with Gasteiger partial charge >= 0.3 is 0 Å². The van der Waals surface area contributed by atoms with E-state index in [4.69, 9.17) is 4.74 Å². The number of amides is 2. The van der Waals surface area contributed by atoms with Gasteiger partial charge in [0.15, 0.2) is 0 Å². The monoisotopic (exact) mass is 334 g/mol. The van der Waals surface area contributed by atoms with Gasteiger partial charge in [0.25, 0.3) is 5.91 Å². The fourth-order valence-corrected chi connectivity index (χ4v) is 4.45. The van der Waals surface area contributed by atoms with E-state index in [2.05, 4.69) is 12.2 Å². The first kappa shape index (κ1) is 15.1. The van der Waals surface area contributed by atoms with Crippen molar-refractivity contribution in [3.05, 3.63) is 22.4 Å². The Morgan fingerprint density at radius 1 is 1.43 bits per heavy atom. The zero-order chi connectivity index (χ0) is 16.0. The first-order valence-corrected chi connectivity index (χ1v) is 9.28. The zero-order valence-corrected chi connectivity index (χ0v) is 14.1. The molecule has 5 atom stereocenters. The Morgan fingerprint density at radius 3 is 2.96 bits per heavy atom. The summed E-state index contributed by atoms with van der Waals surface area (Å²) < 4.78 is 5.88. The largest absolute Gasteiger partial charge is 0.376 e. The average Bonchev–Trinajstić information content (AvgIpc) is 2.99. The number of likely N-dealkylation sites (tertiary alicyclic amines) is 1. The maximum Gasteiger partial charge on any atom is 0.252 e. The van der Waals surface area contributed by atoms with Gasteiger partial charge in [0, 0.05) is 48.3 Å². The molecule has 124 valence electrons. The molecule has 2 amide bonds. The number of hydrogen-bond acceptors (Lipinski definition) is 4. The summed E-state index contributed by atoms with van der Waals surface area (Å²) in [5, 5.41) is 6.77. The molecule has 0 unspecified atom stereocenters. The van der Waals surface area contributed by atoms with E-state index in [9.17, 15) is 9.59 Å². The molecule has 3 heterocycles. The number of carbonyl (C=O) groups excluding carboxylic acids is 2. The summed E-state index contributed by atoms with van der Waals surface area (Å²) in [5.74, 6) is 1.73. The highest BCUT2D eigenvalue weighted by molar-refractivity contribution is 7.08. The van der Waals surface area contributed by atoms with Crippen molar-refractivity contribution in [3.63, 3.8) is 0 Å². The van der Waals surface area contributed by atoms with E-state index in [1.165, 1.54) is 11.3 Å². The highest BCUT2D eigenvalue weighted by Crippen LogP contribution is 2.41. The smallest absolute Gasteiger partial charge is 0.252 e. The maximum atomic E-state index is 12.4. The molecule has 1 aliphatic carbocycles. The fraction of sp³-hybridized carbons (Fsp3) is 0.647. The van der Waals surface area contributed by atoms with Crippen LogP contribution in [-0.2, 0) is 9.53 Å². The van der Waals surface area contributed by atoms with E-state index in [0.717, 1.165) is 25.1 Å². The van der Waals surface area contributed by atoms with Crippen molar-refractivity contribution < 1.29 is 14.3 Å². The minimum Gasteiger partial charge on any atom is -0.376 e. The van der Waals surface area contributed by atoms with Gasteiger partial charge in [0.1, 0.15) is 0 Å². The van der Waals surface area contributed by atoms with Gasteiger partial charge in [-0.15, -0.1) is 0 Å². The van der Waals surface area contributed by atoms with Gasteiger partial charge in [-0.25, -0.2) is 0 Å². The summed E-state index contributed by atoms with van der Waals surface area (Å²) in [6, 6.07) is 1.83. The summed E-state index contributed by atoms with van der Waals surface area (Å²) in [7, 11) is 0. The lowest BCUT2D eigenvalue weighted by atomic mass is 9.93. The van der Waals surface area contributed by atoms with Crippen molar-refractivity contribution in [2.75, 3.05) is 26.2 Å². The third-order valence-electron chi connectivity index (χ3n) is 5.49. The first-order chi connectivity index (χ1) is 11.1. The van der Waals surface area contributed by atoms with Crippen molar-refractivity contribution in [3.8, 4) is 0 Å². The number of nitrogens with zero attached hydrogens (tertiary/aromatic N) is 1. The average molecular weight is 334 g/mol. The number of nitrogens with one attached hydrogen (secondary N) is 1. The molecule has 0 spiro atoms. The van der Waals surface area contributed by atoms with Crippen LogP contribution in [0.3, 0.4) is 0 Å². The second kappa shape index (κ2) is 5.91. The van der Waals surface area contributed by atoms with Gasteiger partial charge in [-0.1, -0.05) is 6.92 Å². The van der Waals surface area contributed by atoms with Crippen LogP contribution >= 0.6 is 11.3 Å². The van der Waals surface area contributed by atoms with Gasteiger partial charge in [-0.05, 0) is 23.8 Å². The molecule has 2 saturated heterocycles. The predicted molar refractivity (Wildman–Crippen MR) is 87.2 cm³/mol. The number of fused-ring (bicyclic) bond motifs is 1. The molecule has 3 aliphatic rings. The summed E-state index contributed by atoms with van der Waals surface area (Å²) >= 11 is 1.52. The van der Waals surface area contributed by atoms with Crippen molar-refractivity contribution in [2.24, 2.45) is 23.7 Å². The van der Waals surface area contributed by atoms with E-state index in [-0.39, 0.29) is 17.9 Å². The molecule has 2 aliphatic heterocycles. The second-order valence-electron chi connectivity index (χ2n) is 7.08. The van der Waals surface area contributed by atoms with Crippen molar-refractivity contribution in [1.29, 1.82) is 0 Å². The first-order valence-electron chi connectivity index (χ1n) is 8.34. The van der Waals surface area contributed by atoms with Gasteiger partial charge in [0.2, 0.25) is 5.91 Å². The molecule has 6 heteroatoms. The van der Waals surface area contributed by atoms with E-state index < -0.39 is 0 Å². The van der Waals surface area contributed by atoms with Crippen LogP contribution in [0, 0.1) is 23.7 Å². The molecular formula is C17H22N2O3S. The molecule has 5 nitrogen and oxygen atoms in total. The third kappa shape index (κ3) is 2.90. The number of hydrogen-bond donors (Lipinski definition) is 1. The topological polar surface area (TPSA) is 58.6 Å². The Kier molecular flexibility index (Phi) is 3.89. The molecule has 4 rings (SSSR count). The minimum absolute atomic E-state index is 0.0209. The third-order valence-corrected chi connectivity index (χ3v) is 6.17. The summed E-state index contributed by atoms with van der Waals surface area (Å²) in [6.07, 6.45) is 1.18. The lowest BCUT2D eigenvalue weighted by Crippen LogP contribution is -2.35. The van der Waals surface area contributed by atoms with Gasteiger partial charge < -0.3 is 15.0 Å². The van der Waals surface area contributed by atoms with Crippen LogP contribution in [0.4, 0.5) is 0 Å². The maximum absolute atomic E-state index is 12.4. The Hall–Kier alpha value is -1.40. The normalized spacial score (nSPS) is 35.2. The number of ether oxygens (including phenoxy) is 1. The Balaban J connectivity index is 1.31. The van der Waals surface area contributed by atoms with Crippen LogP contribution in [0.5, 0.6) is 0 Å². The minimum atomic E-state index is -0.0209. The van der Waals surface area contributed by atoms with Crippen LogP contribution in [0.25, 0.3) is 0 Å². The molecule has 1 N–H and O–H groups in total. The van der Waals surface area contributed by atoms with Crippen LogP contribution in [-0.4, -0.2) is 49.1 Å². The molecule has 23 heavy (non-hydrogen) atoms. The number of carbonyl (C=O) groups is 2. The van der Waals surface area contributed by atoms with Crippen LogP contribution < -0.4 is 5.32 Å². The van der Waals surface area contributed by atoms with Crippen molar-refractivity contribution in [1.82, 2.24) is 10.2 Å². The summed E-state index contributed by atoms with van der Waals surface area (Å²) in [4.78, 5) is 26.4. The molecule has 3 fully saturated rings.